The van der Waals surface area contributed by atoms with Gasteiger partial charge in [-0.3, -0.25) is 0 Å². The molecule has 6 aromatic carbocycles. The van der Waals surface area contributed by atoms with Crippen molar-refractivity contribution >= 4 is 90.3 Å². The lowest BCUT2D eigenvalue weighted by molar-refractivity contribution is 0.332. The Bertz CT molecular complexity index is 3090. The van der Waals surface area contributed by atoms with Crippen LogP contribution < -0.4 is 26.4 Å². The number of nitrogens with zero attached hydrogens (tertiary/aromatic N) is 2. The number of benzene rings is 6. The van der Waals surface area contributed by atoms with Crippen LogP contribution in [0.5, 0.6) is 0 Å². The van der Waals surface area contributed by atoms with Crippen molar-refractivity contribution in [1.29, 1.82) is 0 Å². The fourth-order valence-corrected chi connectivity index (χ4v) is 10.7. The van der Waals surface area contributed by atoms with Gasteiger partial charge in [0.2, 0.25) is 0 Å². The largest absolute Gasteiger partial charge is 0.468 e. The molecule has 1 aliphatic carbocycles. The number of aryl methyl sites for hydroxylation is 1. The van der Waals surface area contributed by atoms with Gasteiger partial charge >= 0.3 is 0 Å². The molecule has 5 heteroatoms. The summed E-state index contributed by atoms with van der Waals surface area (Å²) in [6.45, 7) is 25.7. The molecular formula is C55H55BN2O2. The lowest BCUT2D eigenvalue weighted by atomic mass is 9.35. The van der Waals surface area contributed by atoms with Gasteiger partial charge < -0.3 is 18.6 Å². The van der Waals surface area contributed by atoms with E-state index in [4.69, 9.17) is 8.83 Å². The minimum absolute atomic E-state index is 0.0222. The van der Waals surface area contributed by atoms with Gasteiger partial charge in [0.1, 0.15) is 16.7 Å². The van der Waals surface area contributed by atoms with E-state index in [9.17, 15) is 0 Å². The van der Waals surface area contributed by atoms with Crippen LogP contribution in [0, 0.1) is 6.92 Å². The highest BCUT2D eigenvalue weighted by Gasteiger charge is 2.49. The summed E-state index contributed by atoms with van der Waals surface area (Å²) in [5.74, 6) is 0. The Hall–Kier alpha value is -5.68. The van der Waals surface area contributed by atoms with Gasteiger partial charge in [0.15, 0.2) is 0 Å². The summed E-state index contributed by atoms with van der Waals surface area (Å²) < 4.78 is 13.9. The van der Waals surface area contributed by atoms with Crippen molar-refractivity contribution in [3.05, 3.63) is 137 Å². The van der Waals surface area contributed by atoms with E-state index < -0.39 is 0 Å². The Morgan fingerprint density at radius 2 is 1.17 bits per heavy atom. The van der Waals surface area contributed by atoms with Crippen LogP contribution in [-0.4, -0.2) is 6.71 Å². The summed E-state index contributed by atoms with van der Waals surface area (Å²) in [5.41, 5.74) is 20.1. The molecule has 0 saturated heterocycles. The zero-order chi connectivity index (χ0) is 41.8. The molecule has 0 unspecified atom stereocenters. The first-order chi connectivity index (χ1) is 28.4. The van der Waals surface area contributed by atoms with Crippen molar-refractivity contribution in [2.24, 2.45) is 0 Å². The minimum atomic E-state index is -0.126. The van der Waals surface area contributed by atoms with Gasteiger partial charge in [0.05, 0.1) is 22.4 Å². The van der Waals surface area contributed by atoms with Gasteiger partial charge in [-0.1, -0.05) is 118 Å². The van der Waals surface area contributed by atoms with Crippen molar-refractivity contribution in [1.82, 2.24) is 0 Å². The molecule has 0 spiro atoms. The maximum Gasteiger partial charge on any atom is 0.297 e. The van der Waals surface area contributed by atoms with Crippen LogP contribution >= 0.6 is 0 Å². The van der Waals surface area contributed by atoms with Gasteiger partial charge in [0.25, 0.3) is 6.71 Å². The molecule has 3 aliphatic rings. The van der Waals surface area contributed by atoms with Crippen LogP contribution in [0.1, 0.15) is 110 Å². The molecule has 0 N–H and O–H groups in total. The van der Waals surface area contributed by atoms with Crippen LogP contribution in [0.4, 0.5) is 34.1 Å². The summed E-state index contributed by atoms with van der Waals surface area (Å²) in [6, 6.07) is 41.2. The first-order valence-electron chi connectivity index (χ1n) is 21.9. The zero-order valence-corrected chi connectivity index (χ0v) is 37.1. The molecule has 0 amide bonds. The summed E-state index contributed by atoms with van der Waals surface area (Å²) >= 11 is 0. The smallest absolute Gasteiger partial charge is 0.297 e. The third-order valence-corrected chi connectivity index (χ3v) is 14.3. The maximum absolute atomic E-state index is 7.34. The van der Waals surface area contributed by atoms with Gasteiger partial charge in [-0.05, 0) is 141 Å². The van der Waals surface area contributed by atoms with Crippen molar-refractivity contribution in [2.75, 3.05) is 9.80 Å². The van der Waals surface area contributed by atoms with E-state index in [2.05, 4.69) is 195 Å². The molecular weight excluding hydrogens is 731 g/mol. The first-order valence-corrected chi connectivity index (χ1v) is 21.9. The fourth-order valence-electron chi connectivity index (χ4n) is 10.7. The number of para-hydroxylation sites is 1. The molecule has 8 aromatic rings. The topological polar surface area (TPSA) is 32.8 Å². The standard InChI is InChI=1S/C55H55BN2O2/c1-32-27-43-49-44(28-32)58(41-16-14-18-47-48(41)36-15-12-13-17-45(36)59-47)42-31-39-38(54(8,9)25-26-55(39,10)11)30-40(42)56(49)51-50(37-29-34(53(5,6)7)21-24-46(37)60-51)57(43)35-22-19-33(20-23-35)52(2,3)4/h12-24,27-31H,25-26H2,1-11H3. The van der Waals surface area contributed by atoms with Crippen molar-refractivity contribution in [2.45, 2.75) is 111 Å². The Balaban J connectivity index is 1.29. The van der Waals surface area contributed by atoms with E-state index >= 15 is 0 Å². The van der Waals surface area contributed by atoms with E-state index in [1.165, 1.54) is 55.8 Å². The van der Waals surface area contributed by atoms with Crippen LogP contribution in [0.3, 0.4) is 0 Å². The van der Waals surface area contributed by atoms with Gasteiger partial charge in [0, 0.05) is 33.5 Å². The van der Waals surface area contributed by atoms with Crippen LogP contribution in [0.25, 0.3) is 32.9 Å². The average molecular weight is 787 g/mol. The van der Waals surface area contributed by atoms with Gasteiger partial charge in [-0.15, -0.1) is 0 Å². The highest BCUT2D eigenvalue weighted by molar-refractivity contribution is 7.00. The number of furan rings is 2. The lowest BCUT2D eigenvalue weighted by Crippen LogP contribution is -2.61. The minimum Gasteiger partial charge on any atom is -0.468 e. The third-order valence-electron chi connectivity index (χ3n) is 14.3. The van der Waals surface area contributed by atoms with E-state index in [0.717, 1.165) is 68.5 Å². The average Bonchev–Trinajstić information content (AvgIpc) is 3.77. The molecule has 11 rings (SSSR count). The Morgan fingerprint density at radius 3 is 1.87 bits per heavy atom. The summed E-state index contributed by atoms with van der Waals surface area (Å²) in [5, 5.41) is 3.42. The molecule has 0 atom stereocenters. The van der Waals surface area contributed by atoms with Crippen molar-refractivity contribution in [3.8, 4) is 0 Å². The quantitative estimate of drug-likeness (QED) is 0.163. The van der Waals surface area contributed by atoms with Crippen molar-refractivity contribution in [3.63, 3.8) is 0 Å². The first kappa shape index (κ1) is 37.3. The second-order valence-electron chi connectivity index (χ2n) is 21.4. The number of hydrogen-bond donors (Lipinski definition) is 0. The number of rotatable bonds is 2. The highest BCUT2D eigenvalue weighted by atomic mass is 16.3. The van der Waals surface area contributed by atoms with Crippen LogP contribution in [0.15, 0.2) is 118 Å². The Kier molecular flexibility index (Phi) is 7.60. The Morgan fingerprint density at radius 1 is 0.550 bits per heavy atom. The summed E-state index contributed by atoms with van der Waals surface area (Å²) in [7, 11) is 0. The molecule has 4 heterocycles. The molecule has 0 radical (unpaired) electrons. The van der Waals surface area contributed by atoms with Crippen LogP contribution in [0.2, 0.25) is 0 Å². The van der Waals surface area contributed by atoms with Crippen LogP contribution in [-0.2, 0) is 21.7 Å². The Labute approximate surface area is 355 Å². The van der Waals surface area contributed by atoms with E-state index in [0.29, 0.717) is 0 Å². The summed E-state index contributed by atoms with van der Waals surface area (Å²) in [4.78, 5) is 5.09. The second-order valence-corrected chi connectivity index (χ2v) is 21.4. The lowest BCUT2D eigenvalue weighted by Gasteiger charge is -2.46. The highest BCUT2D eigenvalue weighted by Crippen LogP contribution is 2.53. The fraction of sp³-hybridized carbons (Fsp3) is 0.309. The number of fused-ring (bicyclic) bond motifs is 10. The van der Waals surface area contributed by atoms with Gasteiger partial charge in [-0.2, -0.15) is 0 Å². The van der Waals surface area contributed by atoms with Gasteiger partial charge in [-0.25, -0.2) is 0 Å². The third kappa shape index (κ3) is 5.30. The SMILES string of the molecule is Cc1cc2c3c(c1)N(c1cccc4oc5ccccc5c14)c1cc4c(cc1B3c1oc3ccc(C(C)(C)C)cc3c1N2c1ccc(C(C)(C)C)cc1)C(C)(C)CCC4(C)C. The normalized spacial score (nSPS) is 16.6. The molecule has 0 bridgehead atoms. The molecule has 2 aliphatic heterocycles. The molecule has 60 heavy (non-hydrogen) atoms. The molecule has 300 valence electrons. The maximum atomic E-state index is 7.34. The van der Waals surface area contributed by atoms with E-state index in [-0.39, 0.29) is 28.4 Å². The number of hydrogen-bond acceptors (Lipinski definition) is 4. The predicted molar refractivity (Wildman–Crippen MR) is 255 cm³/mol. The zero-order valence-electron chi connectivity index (χ0n) is 37.1. The molecule has 2 aromatic heterocycles. The summed E-state index contributed by atoms with van der Waals surface area (Å²) in [6.07, 6.45) is 2.29. The monoisotopic (exact) mass is 786 g/mol. The second kappa shape index (κ2) is 12.2. The van der Waals surface area contributed by atoms with E-state index in [1.807, 2.05) is 0 Å². The molecule has 4 nitrogen and oxygen atoms in total. The number of anilines is 6. The molecule has 0 saturated carbocycles. The van der Waals surface area contributed by atoms with E-state index in [1.54, 1.807) is 0 Å². The predicted octanol–water partition coefficient (Wildman–Crippen LogP) is 13.7. The van der Waals surface area contributed by atoms with Crippen molar-refractivity contribution < 1.29 is 8.83 Å². The molecule has 0 fully saturated rings.